The fraction of sp³-hybridized carbons (Fsp3) is 0.526. The summed E-state index contributed by atoms with van der Waals surface area (Å²) in [6, 6.07) is 2.04. The van der Waals surface area contributed by atoms with E-state index < -0.39 is 10.0 Å². The zero-order valence-corrected chi connectivity index (χ0v) is 17.4. The predicted molar refractivity (Wildman–Crippen MR) is 101 cm³/mol. The van der Waals surface area contributed by atoms with E-state index in [4.69, 9.17) is 0 Å². The van der Waals surface area contributed by atoms with Gasteiger partial charge in [-0.3, -0.25) is 4.68 Å². The molecule has 0 fully saturated rings. The van der Waals surface area contributed by atoms with Crippen molar-refractivity contribution in [3.63, 3.8) is 0 Å². The number of aryl methyl sites for hydroxylation is 4. The minimum absolute atomic E-state index is 0.325. The molecule has 138 valence electrons. The van der Waals surface area contributed by atoms with Crippen LogP contribution in [0.4, 0.5) is 0 Å². The third kappa shape index (κ3) is 3.37. The van der Waals surface area contributed by atoms with Gasteiger partial charge in [-0.05, 0) is 70.7 Å². The molecule has 1 aromatic heterocycles. The molecule has 0 N–H and O–H groups in total. The van der Waals surface area contributed by atoms with Gasteiger partial charge in [0.2, 0.25) is 10.0 Å². The molecule has 0 aliphatic carbocycles. The van der Waals surface area contributed by atoms with Crippen LogP contribution in [0.3, 0.4) is 0 Å². The van der Waals surface area contributed by atoms with Crippen LogP contribution in [0.2, 0.25) is 0 Å². The van der Waals surface area contributed by atoms with E-state index in [1.165, 1.54) is 4.31 Å². The molecule has 0 atom stereocenters. The number of sulfonamides is 1. The van der Waals surface area contributed by atoms with Crippen molar-refractivity contribution in [3.05, 3.63) is 45.3 Å². The quantitative estimate of drug-likeness (QED) is 0.816. The van der Waals surface area contributed by atoms with Crippen molar-refractivity contribution in [3.8, 4) is 0 Å². The van der Waals surface area contributed by atoms with Gasteiger partial charge in [-0.1, -0.05) is 6.07 Å². The lowest BCUT2D eigenvalue weighted by molar-refractivity contribution is 0.463. The number of hydrogen-bond donors (Lipinski definition) is 0. The molecule has 1 aromatic carbocycles. The summed E-state index contributed by atoms with van der Waals surface area (Å²) >= 11 is 0. The number of benzene rings is 1. The first-order valence-corrected chi connectivity index (χ1v) is 10.0. The van der Waals surface area contributed by atoms with Gasteiger partial charge in [0, 0.05) is 31.4 Å². The molecule has 0 aliphatic rings. The van der Waals surface area contributed by atoms with Crippen LogP contribution in [0.5, 0.6) is 0 Å². The van der Waals surface area contributed by atoms with Crippen LogP contribution in [0.1, 0.15) is 46.1 Å². The highest BCUT2D eigenvalue weighted by Gasteiger charge is 2.28. The maximum absolute atomic E-state index is 13.3. The van der Waals surface area contributed by atoms with E-state index in [9.17, 15) is 8.42 Å². The van der Waals surface area contributed by atoms with Crippen molar-refractivity contribution < 1.29 is 8.42 Å². The smallest absolute Gasteiger partial charge is 0.243 e. The molecule has 5 nitrogen and oxygen atoms in total. The molecule has 0 spiro atoms. The first-order valence-electron chi connectivity index (χ1n) is 8.58. The summed E-state index contributed by atoms with van der Waals surface area (Å²) in [5.41, 5.74) is 6.54. The SMILES string of the molecule is CCn1nc(C)c(CN(C)S(=O)(=O)c2c(C)c(C)cc(C)c2C)c1C. The Bertz CT molecular complexity index is 885. The fourth-order valence-electron chi connectivity index (χ4n) is 3.30. The van der Waals surface area contributed by atoms with Gasteiger partial charge in [-0.15, -0.1) is 0 Å². The maximum Gasteiger partial charge on any atom is 0.243 e. The third-order valence-electron chi connectivity index (χ3n) is 5.18. The van der Waals surface area contributed by atoms with Gasteiger partial charge in [0.1, 0.15) is 0 Å². The Kier molecular flexibility index (Phi) is 5.44. The van der Waals surface area contributed by atoms with E-state index in [0.717, 1.165) is 45.7 Å². The van der Waals surface area contributed by atoms with Crippen LogP contribution in [0.25, 0.3) is 0 Å². The van der Waals surface area contributed by atoms with Crippen LogP contribution >= 0.6 is 0 Å². The molecule has 0 saturated heterocycles. The Morgan fingerprint density at radius 1 is 1.04 bits per heavy atom. The standard InChI is InChI=1S/C19H29N3O2S/c1-9-22-17(7)18(16(6)20-22)11-21(8)25(23,24)19-14(4)12(2)10-13(3)15(19)5/h10H,9,11H2,1-8H3. The van der Waals surface area contributed by atoms with Crippen molar-refractivity contribution in [2.45, 2.75) is 66.5 Å². The highest BCUT2D eigenvalue weighted by molar-refractivity contribution is 7.89. The molecule has 0 saturated carbocycles. The lowest BCUT2D eigenvalue weighted by Gasteiger charge is -2.22. The third-order valence-corrected chi connectivity index (χ3v) is 7.26. The first-order chi connectivity index (χ1) is 11.5. The highest BCUT2D eigenvalue weighted by atomic mass is 32.2. The molecule has 6 heteroatoms. The zero-order valence-electron chi connectivity index (χ0n) is 16.6. The predicted octanol–water partition coefficient (Wildman–Crippen LogP) is 3.57. The molecule has 0 aliphatic heterocycles. The van der Waals surface area contributed by atoms with Gasteiger partial charge in [0.25, 0.3) is 0 Å². The lowest BCUT2D eigenvalue weighted by atomic mass is 10.0. The summed E-state index contributed by atoms with van der Waals surface area (Å²) in [6.07, 6.45) is 0. The van der Waals surface area contributed by atoms with Crippen LogP contribution in [0, 0.1) is 41.5 Å². The summed E-state index contributed by atoms with van der Waals surface area (Å²) < 4.78 is 29.9. The van der Waals surface area contributed by atoms with Crippen LogP contribution in [-0.2, 0) is 23.1 Å². The van der Waals surface area contributed by atoms with Crippen LogP contribution in [-0.4, -0.2) is 29.6 Å². The second-order valence-electron chi connectivity index (χ2n) is 6.82. The summed E-state index contributed by atoms with van der Waals surface area (Å²) in [7, 11) is -1.93. The normalized spacial score (nSPS) is 12.2. The van der Waals surface area contributed by atoms with Gasteiger partial charge in [-0.2, -0.15) is 9.40 Å². The Hall–Kier alpha value is -1.66. The molecule has 0 unspecified atom stereocenters. The van der Waals surface area contributed by atoms with Crippen molar-refractivity contribution in [2.24, 2.45) is 0 Å². The van der Waals surface area contributed by atoms with Crippen LogP contribution < -0.4 is 0 Å². The van der Waals surface area contributed by atoms with E-state index in [1.54, 1.807) is 7.05 Å². The summed E-state index contributed by atoms with van der Waals surface area (Å²) in [5.74, 6) is 0. The highest BCUT2D eigenvalue weighted by Crippen LogP contribution is 2.29. The Morgan fingerprint density at radius 2 is 1.56 bits per heavy atom. The minimum atomic E-state index is -3.58. The van der Waals surface area contributed by atoms with Gasteiger partial charge in [0.15, 0.2) is 0 Å². The average Bonchev–Trinajstić information content (AvgIpc) is 2.80. The first kappa shape index (κ1) is 19.7. The van der Waals surface area contributed by atoms with Crippen molar-refractivity contribution >= 4 is 10.0 Å². The van der Waals surface area contributed by atoms with Crippen LogP contribution in [0.15, 0.2) is 11.0 Å². The van der Waals surface area contributed by atoms with E-state index >= 15 is 0 Å². The van der Waals surface area contributed by atoms with Gasteiger partial charge >= 0.3 is 0 Å². The monoisotopic (exact) mass is 363 g/mol. The van der Waals surface area contributed by atoms with E-state index in [1.807, 2.05) is 59.2 Å². The Morgan fingerprint density at radius 3 is 2.00 bits per heavy atom. The van der Waals surface area contributed by atoms with Gasteiger partial charge in [0.05, 0.1) is 10.6 Å². The Balaban J connectivity index is 2.50. The molecule has 0 amide bonds. The lowest BCUT2D eigenvalue weighted by Crippen LogP contribution is -2.28. The zero-order chi connectivity index (χ0) is 19.1. The molecule has 2 rings (SSSR count). The second kappa shape index (κ2) is 6.92. The number of aromatic nitrogens is 2. The molecule has 25 heavy (non-hydrogen) atoms. The molecule has 2 aromatic rings. The number of hydrogen-bond acceptors (Lipinski definition) is 3. The molecular formula is C19H29N3O2S. The van der Waals surface area contributed by atoms with Gasteiger partial charge < -0.3 is 0 Å². The van der Waals surface area contributed by atoms with Crippen molar-refractivity contribution in [2.75, 3.05) is 7.05 Å². The van der Waals surface area contributed by atoms with E-state index in [0.29, 0.717) is 11.4 Å². The molecular weight excluding hydrogens is 334 g/mol. The Labute approximate surface area is 151 Å². The number of nitrogens with zero attached hydrogens (tertiary/aromatic N) is 3. The second-order valence-corrected chi connectivity index (χ2v) is 8.80. The number of rotatable bonds is 5. The fourth-order valence-corrected chi connectivity index (χ4v) is 5.01. The molecule has 1 heterocycles. The summed E-state index contributed by atoms with van der Waals surface area (Å²) in [6.45, 7) is 14.7. The van der Waals surface area contributed by atoms with E-state index in [2.05, 4.69) is 5.10 Å². The maximum atomic E-state index is 13.3. The summed E-state index contributed by atoms with van der Waals surface area (Å²) in [4.78, 5) is 0.436. The summed E-state index contributed by atoms with van der Waals surface area (Å²) in [5, 5.41) is 4.50. The molecule has 0 bridgehead atoms. The van der Waals surface area contributed by atoms with Crippen molar-refractivity contribution in [1.29, 1.82) is 0 Å². The topological polar surface area (TPSA) is 55.2 Å². The largest absolute Gasteiger partial charge is 0.270 e. The minimum Gasteiger partial charge on any atom is -0.270 e. The van der Waals surface area contributed by atoms with E-state index in [-0.39, 0.29) is 0 Å². The average molecular weight is 364 g/mol. The van der Waals surface area contributed by atoms with Crippen molar-refractivity contribution in [1.82, 2.24) is 14.1 Å². The molecule has 0 radical (unpaired) electrons. The van der Waals surface area contributed by atoms with Gasteiger partial charge in [-0.25, -0.2) is 8.42 Å².